The van der Waals surface area contributed by atoms with Crippen molar-refractivity contribution < 1.29 is 14.6 Å². The lowest BCUT2D eigenvalue weighted by Crippen LogP contribution is -2.52. The summed E-state index contributed by atoms with van der Waals surface area (Å²) in [4.78, 5) is 0. The van der Waals surface area contributed by atoms with Gasteiger partial charge in [0.15, 0.2) is 5.79 Å². The highest BCUT2D eigenvalue weighted by Crippen LogP contribution is 2.65. The summed E-state index contributed by atoms with van der Waals surface area (Å²) in [7, 11) is 0. The molecule has 1 aliphatic heterocycles. The molecule has 6 atom stereocenters. The quantitative estimate of drug-likeness (QED) is 0.269. The van der Waals surface area contributed by atoms with E-state index < -0.39 is 5.79 Å². The van der Waals surface area contributed by atoms with E-state index in [-0.39, 0.29) is 16.9 Å². The molecular weight excluding hydrogens is 568 g/mol. The molecule has 46 heavy (non-hydrogen) atoms. The molecule has 0 bridgehead atoms. The molecule has 248 valence electrons. The number of aliphatic hydroxyl groups excluding tert-OH is 1. The fourth-order valence-electron chi connectivity index (χ4n) is 9.73. The lowest BCUT2D eigenvalue weighted by Gasteiger charge is -2.55. The normalized spacial score (nSPS) is 33.3. The number of aryl methyl sites for hydroxylation is 1. The van der Waals surface area contributed by atoms with Gasteiger partial charge in [-0.1, -0.05) is 80.8 Å². The number of rotatable bonds is 7. The predicted octanol–water partition coefficient (Wildman–Crippen LogP) is 8.99. The van der Waals surface area contributed by atoms with Gasteiger partial charge in [0, 0.05) is 36.4 Å². The van der Waals surface area contributed by atoms with Crippen molar-refractivity contribution in [2.45, 2.75) is 117 Å². The van der Waals surface area contributed by atoms with E-state index in [1.54, 1.807) is 11.1 Å². The number of hydrogen-bond acceptors (Lipinski definition) is 5. The monoisotopic (exact) mass is 624 g/mol. The number of allylic oxidation sites excluding steroid dienone is 3. The van der Waals surface area contributed by atoms with Gasteiger partial charge < -0.3 is 25.2 Å². The molecule has 5 nitrogen and oxygen atoms in total. The molecule has 3 saturated carbocycles. The Labute approximate surface area is 277 Å². The minimum atomic E-state index is -0.395. The van der Waals surface area contributed by atoms with Crippen LogP contribution in [0.25, 0.3) is 0 Å². The van der Waals surface area contributed by atoms with Crippen molar-refractivity contribution in [2.24, 2.45) is 28.6 Å². The van der Waals surface area contributed by atoms with Gasteiger partial charge in [0.25, 0.3) is 0 Å². The summed E-state index contributed by atoms with van der Waals surface area (Å²) >= 11 is 0. The van der Waals surface area contributed by atoms with Crippen LogP contribution < -0.4 is 10.6 Å². The van der Waals surface area contributed by atoms with Crippen LogP contribution in [0.1, 0.15) is 108 Å². The second kappa shape index (κ2) is 12.5. The molecule has 5 aliphatic rings. The van der Waals surface area contributed by atoms with E-state index in [1.807, 2.05) is 0 Å². The standard InChI is InChI=1S/C41H56N2O3/c1-6-7-37(43-31-15-8-27(2)9-16-31)42-24-28-10-12-29(13-11-28)34-23-40(5)35(18-19-36(40)44)33-17-14-30-22-41(21-20-32(30)38(33)34)45-25-39(3,4)26-46-41/h7-13,15-16,30,33-36,42-44H,6,14,17-26H2,1-5H3/b37-7-. The second-order valence-corrected chi connectivity index (χ2v) is 16.3. The Morgan fingerprint density at radius 3 is 2.39 bits per heavy atom. The fraction of sp³-hybridized carbons (Fsp3) is 0.610. The summed E-state index contributed by atoms with van der Waals surface area (Å²) in [5.74, 6) is 2.75. The Bertz CT molecular complexity index is 1450. The second-order valence-electron chi connectivity index (χ2n) is 16.3. The fourth-order valence-corrected chi connectivity index (χ4v) is 9.73. The zero-order valence-electron chi connectivity index (χ0n) is 28.8. The molecule has 7 rings (SSSR count). The molecule has 4 fully saturated rings. The number of anilines is 1. The maximum atomic E-state index is 11.3. The van der Waals surface area contributed by atoms with Crippen LogP contribution >= 0.6 is 0 Å². The van der Waals surface area contributed by atoms with Gasteiger partial charge in [-0.15, -0.1) is 0 Å². The van der Waals surface area contributed by atoms with Gasteiger partial charge in [0.1, 0.15) is 0 Å². The van der Waals surface area contributed by atoms with E-state index in [1.165, 1.54) is 29.5 Å². The Balaban J connectivity index is 1.12. The Hall–Kier alpha value is -2.60. The van der Waals surface area contributed by atoms with Crippen LogP contribution in [0.5, 0.6) is 0 Å². The predicted molar refractivity (Wildman–Crippen MR) is 186 cm³/mol. The third-order valence-electron chi connectivity index (χ3n) is 12.3. The molecule has 2 aromatic carbocycles. The van der Waals surface area contributed by atoms with E-state index in [0.29, 0.717) is 23.7 Å². The molecule has 1 spiro atoms. The van der Waals surface area contributed by atoms with Crippen LogP contribution in [-0.2, 0) is 16.0 Å². The Kier molecular flexibility index (Phi) is 8.65. The molecule has 3 N–H and O–H groups in total. The van der Waals surface area contributed by atoms with Crippen LogP contribution in [0.15, 0.2) is 71.6 Å². The molecule has 5 heteroatoms. The van der Waals surface area contributed by atoms with Gasteiger partial charge in [-0.05, 0) is 104 Å². The highest BCUT2D eigenvalue weighted by atomic mass is 16.7. The molecule has 2 aromatic rings. The number of benzene rings is 2. The number of ether oxygens (including phenoxy) is 2. The third-order valence-corrected chi connectivity index (χ3v) is 12.3. The van der Waals surface area contributed by atoms with Gasteiger partial charge in [-0.3, -0.25) is 0 Å². The van der Waals surface area contributed by atoms with E-state index >= 15 is 0 Å². The summed E-state index contributed by atoms with van der Waals surface area (Å²) < 4.78 is 13.1. The van der Waals surface area contributed by atoms with Gasteiger partial charge >= 0.3 is 0 Å². The number of nitrogens with one attached hydrogen (secondary N) is 2. The third kappa shape index (κ3) is 6.08. The topological polar surface area (TPSA) is 62.8 Å². The van der Waals surface area contributed by atoms with E-state index in [9.17, 15) is 5.11 Å². The van der Waals surface area contributed by atoms with Crippen LogP contribution in [0.2, 0.25) is 0 Å². The summed E-state index contributed by atoms with van der Waals surface area (Å²) in [6.07, 6.45) is 11.7. The lowest BCUT2D eigenvalue weighted by molar-refractivity contribution is -0.312. The van der Waals surface area contributed by atoms with Crippen molar-refractivity contribution in [3.63, 3.8) is 0 Å². The molecule has 4 aliphatic carbocycles. The molecule has 0 amide bonds. The van der Waals surface area contributed by atoms with E-state index in [0.717, 1.165) is 76.2 Å². The van der Waals surface area contributed by atoms with Crippen molar-refractivity contribution in [2.75, 3.05) is 18.5 Å². The minimum Gasteiger partial charge on any atom is -0.393 e. The zero-order chi connectivity index (χ0) is 32.1. The molecule has 0 radical (unpaired) electrons. The Morgan fingerprint density at radius 2 is 1.67 bits per heavy atom. The first-order valence-corrected chi connectivity index (χ1v) is 18.1. The number of hydrogen-bond donors (Lipinski definition) is 3. The van der Waals surface area contributed by atoms with Crippen molar-refractivity contribution in [3.05, 3.63) is 88.3 Å². The molecule has 1 saturated heterocycles. The first kappa shape index (κ1) is 32.0. The maximum absolute atomic E-state index is 11.3. The van der Waals surface area contributed by atoms with Gasteiger partial charge in [0.2, 0.25) is 0 Å². The summed E-state index contributed by atoms with van der Waals surface area (Å²) in [6.45, 7) is 13.5. The van der Waals surface area contributed by atoms with Gasteiger partial charge in [-0.25, -0.2) is 0 Å². The minimum absolute atomic E-state index is 0.00891. The largest absolute Gasteiger partial charge is 0.393 e. The van der Waals surface area contributed by atoms with Gasteiger partial charge in [-0.2, -0.15) is 0 Å². The first-order chi connectivity index (χ1) is 22.1. The van der Waals surface area contributed by atoms with Gasteiger partial charge in [0.05, 0.1) is 25.1 Å². The highest BCUT2D eigenvalue weighted by molar-refractivity contribution is 5.49. The van der Waals surface area contributed by atoms with Crippen molar-refractivity contribution in [3.8, 4) is 0 Å². The van der Waals surface area contributed by atoms with Crippen LogP contribution in [0, 0.1) is 35.5 Å². The lowest BCUT2D eigenvalue weighted by atomic mass is 9.52. The first-order valence-electron chi connectivity index (χ1n) is 18.1. The SMILES string of the molecule is CC/C=C(/NCc1ccc(C2CC3(C)C(O)CCC3C3CCC4CC5(CCC4=C23)OCC(C)(C)CO5)cc1)Nc1ccc(C)cc1. The molecule has 6 unspecified atom stereocenters. The molecule has 0 aromatic heterocycles. The van der Waals surface area contributed by atoms with Crippen molar-refractivity contribution in [1.29, 1.82) is 0 Å². The summed E-state index contributed by atoms with van der Waals surface area (Å²) in [5, 5.41) is 18.5. The van der Waals surface area contributed by atoms with Crippen molar-refractivity contribution >= 4 is 5.69 Å². The summed E-state index contributed by atoms with van der Waals surface area (Å²) in [6, 6.07) is 18.0. The average Bonchev–Trinajstić information content (AvgIpc) is 3.36. The highest BCUT2D eigenvalue weighted by Gasteiger charge is 2.57. The molecular formula is C41H56N2O3. The number of fused-ring (bicyclic) bond motifs is 4. The van der Waals surface area contributed by atoms with E-state index in [2.05, 4.69) is 99.9 Å². The maximum Gasteiger partial charge on any atom is 0.169 e. The molecule has 1 heterocycles. The van der Waals surface area contributed by atoms with E-state index in [4.69, 9.17) is 9.47 Å². The average molecular weight is 625 g/mol. The zero-order valence-corrected chi connectivity index (χ0v) is 28.8. The van der Waals surface area contributed by atoms with Crippen molar-refractivity contribution in [1.82, 2.24) is 5.32 Å². The number of aliphatic hydroxyl groups is 1. The summed E-state index contributed by atoms with van der Waals surface area (Å²) in [5.41, 5.74) is 8.60. The smallest absolute Gasteiger partial charge is 0.169 e. The van der Waals surface area contributed by atoms with Crippen LogP contribution in [0.3, 0.4) is 0 Å². The van der Waals surface area contributed by atoms with Crippen LogP contribution in [0.4, 0.5) is 5.69 Å². The van der Waals surface area contributed by atoms with Crippen LogP contribution in [-0.4, -0.2) is 30.2 Å². The Morgan fingerprint density at radius 1 is 0.935 bits per heavy atom.